The molecule has 0 unspecified atom stereocenters. The van der Waals surface area contributed by atoms with Crippen LogP contribution < -0.4 is 4.90 Å². The third-order valence-corrected chi connectivity index (χ3v) is 8.82. The van der Waals surface area contributed by atoms with Gasteiger partial charge in [-0.15, -0.1) is 10.2 Å². The number of rotatable bonds is 7. The summed E-state index contributed by atoms with van der Waals surface area (Å²) in [4.78, 5) is 5.49. The summed E-state index contributed by atoms with van der Waals surface area (Å²) in [6, 6.07) is 7.96. The van der Waals surface area contributed by atoms with Crippen LogP contribution in [0.4, 0.5) is 18.9 Å². The van der Waals surface area contributed by atoms with E-state index >= 15 is 0 Å². The van der Waals surface area contributed by atoms with Gasteiger partial charge in [0.2, 0.25) is 0 Å². The molecular formula is C30H35F3N6. The average molecular weight is 537 g/mol. The maximum absolute atomic E-state index is 14.3. The Morgan fingerprint density at radius 2 is 1.92 bits per heavy atom. The smallest absolute Gasteiger partial charge is 0.349 e. The maximum atomic E-state index is 14.3. The number of benzene rings is 1. The van der Waals surface area contributed by atoms with Gasteiger partial charge in [-0.05, 0) is 66.4 Å². The fourth-order valence-electron chi connectivity index (χ4n) is 6.77. The van der Waals surface area contributed by atoms with Gasteiger partial charge in [-0.1, -0.05) is 25.6 Å². The van der Waals surface area contributed by atoms with Crippen LogP contribution in [0.2, 0.25) is 0 Å². The van der Waals surface area contributed by atoms with Gasteiger partial charge >= 0.3 is 6.18 Å². The van der Waals surface area contributed by atoms with E-state index < -0.39 is 11.7 Å². The lowest BCUT2D eigenvalue weighted by Gasteiger charge is -2.46. The fraction of sp³-hybridized carbons (Fsp3) is 0.467. The second-order valence-corrected chi connectivity index (χ2v) is 12.0. The van der Waals surface area contributed by atoms with Crippen molar-refractivity contribution in [2.75, 3.05) is 31.6 Å². The predicted molar refractivity (Wildman–Crippen MR) is 145 cm³/mol. The molecule has 0 amide bonds. The van der Waals surface area contributed by atoms with Crippen LogP contribution in [-0.2, 0) is 12.5 Å². The summed E-state index contributed by atoms with van der Waals surface area (Å²) in [6.07, 6.45) is 7.80. The Bertz CT molecular complexity index is 1360. The normalized spacial score (nSPS) is 27.1. The van der Waals surface area contributed by atoms with Crippen LogP contribution in [0, 0.1) is 11.3 Å². The van der Waals surface area contributed by atoms with Crippen LogP contribution in [0.3, 0.4) is 0 Å². The molecule has 3 fully saturated rings. The number of allylic oxidation sites excluding steroid dienone is 1. The number of nitrogens with zero attached hydrogens (tertiary/aromatic N) is 6. The SMILES string of the molecule is C=CN(/C=C1/C(C(F)(F)F)=CC(CN2CC3(CC3)C2)=CN1C)c1cccc(C2(c3nncn3C)CC(C)C2)c1. The molecule has 2 saturated carbocycles. The zero-order chi connectivity index (χ0) is 27.6. The zero-order valence-corrected chi connectivity index (χ0v) is 22.7. The monoisotopic (exact) mass is 536 g/mol. The molecule has 4 aliphatic rings. The van der Waals surface area contributed by atoms with E-state index in [-0.39, 0.29) is 11.1 Å². The lowest BCUT2D eigenvalue weighted by Crippen LogP contribution is -2.49. The van der Waals surface area contributed by atoms with Gasteiger partial charge in [-0.2, -0.15) is 13.2 Å². The van der Waals surface area contributed by atoms with Gasteiger partial charge in [0.25, 0.3) is 0 Å². The van der Waals surface area contributed by atoms with Gasteiger partial charge in [0.05, 0.1) is 16.7 Å². The quantitative estimate of drug-likeness (QED) is 0.452. The summed E-state index contributed by atoms with van der Waals surface area (Å²) in [5, 5.41) is 8.53. The Hall–Kier alpha value is -3.33. The van der Waals surface area contributed by atoms with E-state index in [1.807, 2.05) is 36.0 Å². The minimum absolute atomic E-state index is 0.0825. The number of likely N-dealkylation sites (tertiary alicyclic amines) is 1. The Labute approximate surface area is 227 Å². The number of anilines is 1. The molecule has 2 aromatic rings. The highest BCUT2D eigenvalue weighted by atomic mass is 19.4. The summed E-state index contributed by atoms with van der Waals surface area (Å²) >= 11 is 0. The molecule has 206 valence electrons. The first kappa shape index (κ1) is 25.9. The van der Waals surface area contributed by atoms with Crippen molar-refractivity contribution in [1.29, 1.82) is 0 Å². The van der Waals surface area contributed by atoms with Crippen molar-refractivity contribution < 1.29 is 13.2 Å². The second kappa shape index (κ2) is 9.11. The fourth-order valence-corrected chi connectivity index (χ4v) is 6.77. The first-order valence-electron chi connectivity index (χ1n) is 13.5. The van der Waals surface area contributed by atoms with Crippen molar-refractivity contribution in [2.45, 2.75) is 44.2 Å². The first-order chi connectivity index (χ1) is 18.5. The van der Waals surface area contributed by atoms with Gasteiger partial charge in [0.15, 0.2) is 0 Å². The highest BCUT2D eigenvalue weighted by Crippen LogP contribution is 2.53. The standard InChI is InChI=1S/C30H35F3N6/c1-5-39(24-8-6-7-23(12-24)29(13-21(2)14-29)27-35-34-20-37(27)4)17-26-25(30(31,32)33)11-22(15-36(26)3)16-38-18-28(19-38)9-10-28/h5-8,11-12,15,17,20-21H,1,9-10,13-14,16,18-19H2,2-4H3/b26-17-. The van der Waals surface area contributed by atoms with Crippen molar-refractivity contribution in [3.8, 4) is 0 Å². The highest BCUT2D eigenvalue weighted by Gasteiger charge is 2.52. The minimum atomic E-state index is -4.49. The molecule has 3 heterocycles. The van der Waals surface area contributed by atoms with Crippen LogP contribution in [0.5, 0.6) is 0 Å². The molecular weight excluding hydrogens is 501 g/mol. The Morgan fingerprint density at radius 3 is 2.51 bits per heavy atom. The van der Waals surface area contributed by atoms with Crippen LogP contribution in [0.25, 0.3) is 0 Å². The van der Waals surface area contributed by atoms with E-state index in [1.54, 1.807) is 29.4 Å². The van der Waals surface area contributed by atoms with Crippen LogP contribution in [0.15, 0.2) is 78.7 Å². The van der Waals surface area contributed by atoms with Crippen molar-refractivity contribution in [3.05, 3.63) is 90.1 Å². The van der Waals surface area contributed by atoms with E-state index in [2.05, 4.69) is 34.7 Å². The predicted octanol–water partition coefficient (Wildman–Crippen LogP) is 5.74. The third kappa shape index (κ3) is 4.60. The highest BCUT2D eigenvalue weighted by molar-refractivity contribution is 5.58. The molecule has 0 atom stereocenters. The van der Waals surface area contributed by atoms with Gasteiger partial charge < -0.3 is 14.4 Å². The number of aromatic nitrogens is 3. The van der Waals surface area contributed by atoms with Crippen molar-refractivity contribution in [2.24, 2.45) is 18.4 Å². The summed E-state index contributed by atoms with van der Waals surface area (Å²) in [6.45, 7) is 8.65. The molecule has 6 nitrogen and oxygen atoms in total. The molecule has 1 aromatic carbocycles. The number of alkyl halides is 3. The Balaban J connectivity index is 1.30. The summed E-state index contributed by atoms with van der Waals surface area (Å²) in [7, 11) is 3.63. The molecule has 1 aromatic heterocycles. The molecule has 1 spiro atoms. The van der Waals surface area contributed by atoms with E-state index in [0.29, 0.717) is 23.5 Å². The maximum Gasteiger partial charge on any atom is 0.418 e. The summed E-state index contributed by atoms with van der Waals surface area (Å²) in [5.74, 6) is 1.45. The van der Waals surface area contributed by atoms with Crippen molar-refractivity contribution in [3.63, 3.8) is 0 Å². The lowest BCUT2D eigenvalue weighted by atomic mass is 9.58. The molecule has 6 rings (SSSR count). The van der Waals surface area contributed by atoms with E-state index in [4.69, 9.17) is 0 Å². The van der Waals surface area contributed by atoms with Crippen LogP contribution in [-0.4, -0.2) is 57.4 Å². The van der Waals surface area contributed by atoms with E-state index in [0.717, 1.165) is 43.0 Å². The molecule has 0 bridgehead atoms. The van der Waals surface area contributed by atoms with E-state index in [9.17, 15) is 13.2 Å². The molecule has 39 heavy (non-hydrogen) atoms. The van der Waals surface area contributed by atoms with Crippen LogP contribution >= 0.6 is 0 Å². The molecule has 1 saturated heterocycles. The Morgan fingerprint density at radius 1 is 1.18 bits per heavy atom. The number of aryl methyl sites for hydroxylation is 1. The molecule has 0 N–H and O–H groups in total. The number of halogens is 3. The molecule has 2 aliphatic heterocycles. The Kier molecular flexibility index (Phi) is 6.06. The van der Waals surface area contributed by atoms with Crippen molar-refractivity contribution >= 4 is 5.69 Å². The van der Waals surface area contributed by atoms with E-state index in [1.165, 1.54) is 25.1 Å². The minimum Gasteiger partial charge on any atom is -0.349 e. The molecule has 2 aliphatic carbocycles. The lowest BCUT2D eigenvalue weighted by molar-refractivity contribution is -0.0912. The van der Waals surface area contributed by atoms with Gasteiger partial charge in [0, 0.05) is 58.0 Å². The summed E-state index contributed by atoms with van der Waals surface area (Å²) < 4.78 is 44.9. The second-order valence-electron chi connectivity index (χ2n) is 12.0. The third-order valence-electron chi connectivity index (χ3n) is 8.82. The topological polar surface area (TPSA) is 40.4 Å². The summed E-state index contributed by atoms with van der Waals surface area (Å²) in [5.41, 5.74) is 2.13. The first-order valence-corrected chi connectivity index (χ1v) is 13.5. The van der Waals surface area contributed by atoms with Crippen molar-refractivity contribution in [1.82, 2.24) is 24.6 Å². The number of likely N-dealkylation sites (N-methyl/N-ethyl adjacent to an activating group) is 1. The zero-order valence-electron chi connectivity index (χ0n) is 22.7. The van der Waals surface area contributed by atoms with Gasteiger partial charge in [-0.25, -0.2) is 0 Å². The van der Waals surface area contributed by atoms with Gasteiger partial charge in [0.1, 0.15) is 12.2 Å². The number of hydrogen-bond donors (Lipinski definition) is 0. The number of hydrogen-bond acceptors (Lipinski definition) is 5. The molecule has 9 heteroatoms. The largest absolute Gasteiger partial charge is 0.418 e. The molecule has 0 radical (unpaired) electrons. The average Bonchev–Trinajstić information content (AvgIpc) is 3.53. The van der Waals surface area contributed by atoms with Gasteiger partial charge in [-0.3, -0.25) is 4.90 Å². The van der Waals surface area contributed by atoms with Crippen LogP contribution in [0.1, 0.15) is 44.0 Å².